The summed E-state index contributed by atoms with van der Waals surface area (Å²) in [6.07, 6.45) is 1.30. The second-order valence-electron chi connectivity index (χ2n) is 5.86. The molecule has 2 aromatic carbocycles. The molecule has 1 aromatic heterocycles. The van der Waals surface area contributed by atoms with Gasteiger partial charge in [0.05, 0.1) is 22.3 Å². The summed E-state index contributed by atoms with van der Waals surface area (Å²) in [5.41, 5.74) is 0.580. The highest BCUT2D eigenvalue weighted by Crippen LogP contribution is 2.36. The van der Waals surface area contributed by atoms with Gasteiger partial charge in [0.25, 0.3) is 5.91 Å². The Bertz CT molecular complexity index is 1080. The Kier molecular flexibility index (Phi) is 4.08. The molecule has 0 saturated heterocycles. The van der Waals surface area contributed by atoms with Crippen LogP contribution in [0.25, 0.3) is 10.9 Å². The van der Waals surface area contributed by atoms with Crippen molar-refractivity contribution in [2.75, 3.05) is 18.5 Å². The van der Waals surface area contributed by atoms with Crippen molar-refractivity contribution >= 4 is 28.5 Å². The standard InChI is InChI=1S/C19H13FN2O5/c20-12-2-1-10-5-11(9-21-14(10)6-12)18(23)22-15-8-17-16(26-3-4-27-17)7-13(15)19(24)25/h1-2,5-9H,3-4H2,(H,22,23)(H,24,25). The van der Waals surface area contributed by atoms with E-state index in [-0.39, 0.29) is 16.8 Å². The van der Waals surface area contributed by atoms with Gasteiger partial charge in [0.15, 0.2) is 11.5 Å². The normalized spacial score (nSPS) is 12.6. The summed E-state index contributed by atoms with van der Waals surface area (Å²) in [5.74, 6) is -1.52. The first-order chi connectivity index (χ1) is 13.0. The molecule has 8 heteroatoms. The number of aromatic nitrogens is 1. The number of benzene rings is 2. The molecule has 136 valence electrons. The Labute approximate surface area is 152 Å². The fourth-order valence-electron chi connectivity index (χ4n) is 2.78. The molecule has 1 amide bonds. The first kappa shape index (κ1) is 16.8. The van der Waals surface area contributed by atoms with Gasteiger partial charge in [-0.25, -0.2) is 9.18 Å². The van der Waals surface area contributed by atoms with E-state index in [2.05, 4.69) is 10.3 Å². The number of hydrogen-bond donors (Lipinski definition) is 2. The minimum atomic E-state index is -1.21. The summed E-state index contributed by atoms with van der Waals surface area (Å²) in [7, 11) is 0. The van der Waals surface area contributed by atoms with Gasteiger partial charge in [0.1, 0.15) is 19.0 Å². The zero-order chi connectivity index (χ0) is 19.0. The van der Waals surface area contributed by atoms with E-state index in [9.17, 15) is 19.1 Å². The summed E-state index contributed by atoms with van der Waals surface area (Å²) < 4.78 is 24.1. The Balaban J connectivity index is 1.68. The van der Waals surface area contributed by atoms with E-state index in [1.165, 1.54) is 36.5 Å². The van der Waals surface area contributed by atoms with Crippen LogP contribution in [0.1, 0.15) is 20.7 Å². The number of anilines is 1. The topological polar surface area (TPSA) is 97.8 Å². The van der Waals surface area contributed by atoms with Crippen LogP contribution in [0, 0.1) is 5.82 Å². The van der Waals surface area contributed by atoms with E-state index in [0.29, 0.717) is 35.6 Å². The van der Waals surface area contributed by atoms with Crippen LogP contribution in [0.2, 0.25) is 0 Å². The van der Waals surface area contributed by atoms with E-state index >= 15 is 0 Å². The molecule has 1 aliphatic heterocycles. The van der Waals surface area contributed by atoms with Gasteiger partial charge in [-0.05, 0) is 18.2 Å². The van der Waals surface area contributed by atoms with Crippen LogP contribution < -0.4 is 14.8 Å². The van der Waals surface area contributed by atoms with Crippen LogP contribution >= 0.6 is 0 Å². The number of aromatic carboxylic acids is 1. The third kappa shape index (κ3) is 3.24. The molecule has 2 heterocycles. The van der Waals surface area contributed by atoms with Gasteiger partial charge in [-0.2, -0.15) is 0 Å². The second-order valence-corrected chi connectivity index (χ2v) is 5.86. The van der Waals surface area contributed by atoms with Crippen LogP contribution in [-0.2, 0) is 0 Å². The molecule has 0 fully saturated rings. The van der Waals surface area contributed by atoms with E-state index in [0.717, 1.165) is 0 Å². The van der Waals surface area contributed by atoms with E-state index in [4.69, 9.17) is 9.47 Å². The molecule has 0 spiro atoms. The van der Waals surface area contributed by atoms with Crippen LogP contribution in [0.4, 0.5) is 10.1 Å². The number of nitrogens with zero attached hydrogens (tertiary/aromatic N) is 1. The van der Waals surface area contributed by atoms with Crippen molar-refractivity contribution in [1.29, 1.82) is 0 Å². The minimum Gasteiger partial charge on any atom is -0.486 e. The van der Waals surface area contributed by atoms with Crippen molar-refractivity contribution in [2.45, 2.75) is 0 Å². The molecule has 2 N–H and O–H groups in total. The lowest BCUT2D eigenvalue weighted by Gasteiger charge is -2.20. The van der Waals surface area contributed by atoms with Gasteiger partial charge in [0, 0.05) is 29.8 Å². The summed E-state index contributed by atoms with van der Waals surface area (Å²) in [5, 5.41) is 12.6. The van der Waals surface area contributed by atoms with Gasteiger partial charge in [0.2, 0.25) is 0 Å². The lowest BCUT2D eigenvalue weighted by molar-refractivity contribution is 0.0697. The number of carboxylic acids is 1. The van der Waals surface area contributed by atoms with Crippen molar-refractivity contribution in [3.8, 4) is 11.5 Å². The SMILES string of the molecule is O=C(Nc1cc2c(cc1C(=O)O)OCCO2)c1cnc2cc(F)ccc2c1. The molecule has 1 aliphatic rings. The Morgan fingerprint density at radius 1 is 1.07 bits per heavy atom. The maximum absolute atomic E-state index is 13.2. The molecule has 0 aliphatic carbocycles. The number of carbonyl (C=O) groups excluding carboxylic acids is 1. The maximum Gasteiger partial charge on any atom is 0.337 e. The molecule has 0 unspecified atom stereocenters. The molecule has 3 aromatic rings. The van der Waals surface area contributed by atoms with Gasteiger partial charge in [-0.1, -0.05) is 0 Å². The third-order valence-corrected chi connectivity index (χ3v) is 4.07. The predicted octanol–water partition coefficient (Wildman–Crippen LogP) is 3.10. The fraction of sp³-hybridized carbons (Fsp3) is 0.105. The summed E-state index contributed by atoms with van der Waals surface area (Å²) in [4.78, 5) is 28.2. The molecule has 0 atom stereocenters. The number of carbonyl (C=O) groups is 2. The largest absolute Gasteiger partial charge is 0.486 e. The average molecular weight is 368 g/mol. The molecule has 0 bridgehead atoms. The monoisotopic (exact) mass is 368 g/mol. The Hall–Kier alpha value is -3.68. The number of amides is 1. The van der Waals surface area contributed by atoms with Crippen LogP contribution in [0.15, 0.2) is 42.6 Å². The molecule has 7 nitrogen and oxygen atoms in total. The summed E-state index contributed by atoms with van der Waals surface area (Å²) >= 11 is 0. The fourth-order valence-corrected chi connectivity index (χ4v) is 2.78. The van der Waals surface area contributed by atoms with E-state index in [1.54, 1.807) is 6.07 Å². The molecule has 27 heavy (non-hydrogen) atoms. The maximum atomic E-state index is 13.2. The number of ether oxygens (including phenoxy) is 2. The zero-order valence-corrected chi connectivity index (χ0v) is 13.9. The number of pyridine rings is 1. The van der Waals surface area contributed by atoms with Crippen molar-refractivity contribution in [3.05, 3.63) is 59.5 Å². The molecular formula is C19H13FN2O5. The zero-order valence-electron chi connectivity index (χ0n) is 13.9. The van der Waals surface area contributed by atoms with Crippen LogP contribution in [0.3, 0.4) is 0 Å². The summed E-state index contributed by atoms with van der Waals surface area (Å²) in [6, 6.07) is 8.33. The van der Waals surface area contributed by atoms with E-state index < -0.39 is 17.7 Å². The van der Waals surface area contributed by atoms with E-state index in [1.807, 2.05) is 0 Å². The molecule has 0 radical (unpaired) electrons. The second kappa shape index (κ2) is 6.56. The van der Waals surface area contributed by atoms with Crippen molar-refractivity contribution in [3.63, 3.8) is 0 Å². The lowest BCUT2D eigenvalue weighted by atomic mass is 10.1. The molecular weight excluding hydrogens is 355 g/mol. The number of fused-ring (bicyclic) bond motifs is 2. The Morgan fingerprint density at radius 3 is 2.56 bits per heavy atom. The minimum absolute atomic E-state index is 0.0796. The van der Waals surface area contributed by atoms with Gasteiger partial charge < -0.3 is 19.9 Å². The number of nitrogens with one attached hydrogen (secondary N) is 1. The van der Waals surface area contributed by atoms with Crippen LogP contribution in [-0.4, -0.2) is 35.2 Å². The highest BCUT2D eigenvalue weighted by Gasteiger charge is 2.21. The van der Waals surface area contributed by atoms with Crippen molar-refractivity contribution in [2.24, 2.45) is 0 Å². The van der Waals surface area contributed by atoms with Gasteiger partial charge >= 0.3 is 5.97 Å². The number of hydrogen-bond acceptors (Lipinski definition) is 5. The number of rotatable bonds is 3. The Morgan fingerprint density at radius 2 is 1.81 bits per heavy atom. The molecule has 0 saturated carbocycles. The van der Waals surface area contributed by atoms with Crippen molar-refractivity contribution in [1.82, 2.24) is 4.98 Å². The first-order valence-corrected chi connectivity index (χ1v) is 8.05. The number of halogens is 1. The average Bonchev–Trinajstić information content (AvgIpc) is 2.66. The van der Waals surface area contributed by atoms with Gasteiger partial charge in [-0.3, -0.25) is 9.78 Å². The van der Waals surface area contributed by atoms with Crippen LogP contribution in [0.5, 0.6) is 11.5 Å². The van der Waals surface area contributed by atoms with Gasteiger partial charge in [-0.15, -0.1) is 0 Å². The lowest BCUT2D eigenvalue weighted by Crippen LogP contribution is -2.19. The predicted molar refractivity (Wildman–Crippen MR) is 94.0 cm³/mol. The first-order valence-electron chi connectivity index (χ1n) is 8.05. The highest BCUT2D eigenvalue weighted by atomic mass is 19.1. The number of carboxylic acid groups (broad SMARTS) is 1. The quantitative estimate of drug-likeness (QED) is 0.737. The third-order valence-electron chi connectivity index (χ3n) is 4.07. The smallest absolute Gasteiger partial charge is 0.337 e. The van der Waals surface area contributed by atoms with Crippen molar-refractivity contribution < 1.29 is 28.6 Å². The summed E-state index contributed by atoms with van der Waals surface area (Å²) in [6.45, 7) is 0.652. The highest BCUT2D eigenvalue weighted by molar-refractivity contribution is 6.09. The molecule has 4 rings (SSSR count).